The van der Waals surface area contributed by atoms with Gasteiger partial charge in [0.25, 0.3) is 0 Å². The highest BCUT2D eigenvalue weighted by Crippen LogP contribution is 2.34. The van der Waals surface area contributed by atoms with Crippen LogP contribution in [-0.4, -0.2) is 59.0 Å². The number of nitrogens with zero attached hydrogens (tertiary/aromatic N) is 1. The van der Waals surface area contributed by atoms with E-state index in [1.54, 1.807) is 0 Å². The first-order valence-electron chi connectivity index (χ1n) is 7.45. The van der Waals surface area contributed by atoms with Crippen molar-refractivity contribution in [1.29, 1.82) is 0 Å². The average molecular weight is 287 g/mol. The highest BCUT2D eigenvalue weighted by molar-refractivity contribution is 5.72. The molecule has 0 amide bonds. The van der Waals surface area contributed by atoms with Crippen molar-refractivity contribution in [3.63, 3.8) is 0 Å². The van der Waals surface area contributed by atoms with E-state index in [-0.39, 0.29) is 24.0 Å². The summed E-state index contributed by atoms with van der Waals surface area (Å²) in [4.78, 5) is 13.7. The Morgan fingerprint density at radius 2 is 1.95 bits per heavy atom. The Bertz CT molecular complexity index is 322. The van der Waals surface area contributed by atoms with E-state index >= 15 is 0 Å². The molecule has 0 atom stereocenters. The van der Waals surface area contributed by atoms with Gasteiger partial charge in [0.15, 0.2) is 0 Å². The molecule has 1 fully saturated rings. The molecular formula is C15H29NO4. The number of hydrogen-bond acceptors (Lipinski definition) is 5. The number of esters is 1. The van der Waals surface area contributed by atoms with Crippen LogP contribution >= 0.6 is 0 Å². The number of β-amino-alcohol motifs (C(OH)–C–C–N with tert-alkyl or cyclic N) is 1. The van der Waals surface area contributed by atoms with E-state index in [0.717, 1.165) is 0 Å². The van der Waals surface area contributed by atoms with Crippen molar-refractivity contribution in [3.8, 4) is 0 Å². The summed E-state index contributed by atoms with van der Waals surface area (Å²) in [5, 5.41) is 20.0. The minimum Gasteiger partial charge on any atom is -0.466 e. The van der Waals surface area contributed by atoms with Crippen molar-refractivity contribution in [2.24, 2.45) is 5.92 Å². The number of carbonyl (C=O) groups is 1. The molecule has 1 aliphatic carbocycles. The second-order valence-corrected chi connectivity index (χ2v) is 6.58. The number of hydrogen-bond donors (Lipinski definition) is 2. The first-order chi connectivity index (χ1) is 9.24. The van der Waals surface area contributed by atoms with Gasteiger partial charge in [0.05, 0.1) is 24.7 Å². The zero-order valence-corrected chi connectivity index (χ0v) is 13.2. The number of rotatable bonds is 6. The molecule has 0 bridgehead atoms. The van der Waals surface area contributed by atoms with Crippen molar-refractivity contribution in [2.45, 2.75) is 57.6 Å². The smallest absolute Gasteiger partial charge is 0.308 e. The van der Waals surface area contributed by atoms with Crippen LogP contribution in [0, 0.1) is 5.92 Å². The Morgan fingerprint density at radius 3 is 2.40 bits per heavy atom. The Balaban J connectivity index is 2.52. The largest absolute Gasteiger partial charge is 0.466 e. The summed E-state index contributed by atoms with van der Waals surface area (Å²) in [6, 6.07) is 0. The van der Waals surface area contributed by atoms with E-state index in [2.05, 4.69) is 0 Å². The third-order valence-corrected chi connectivity index (χ3v) is 4.49. The lowest BCUT2D eigenvalue weighted by molar-refractivity contribution is -0.151. The van der Waals surface area contributed by atoms with Crippen LogP contribution in [0.2, 0.25) is 0 Å². The fraction of sp³-hybridized carbons (Fsp3) is 0.933. The van der Waals surface area contributed by atoms with E-state index in [1.807, 2.05) is 32.7 Å². The minimum absolute atomic E-state index is 0.0467. The molecule has 118 valence electrons. The van der Waals surface area contributed by atoms with Gasteiger partial charge < -0.3 is 14.9 Å². The molecule has 0 aromatic carbocycles. The van der Waals surface area contributed by atoms with E-state index in [4.69, 9.17) is 4.74 Å². The van der Waals surface area contributed by atoms with Crippen LogP contribution in [0.4, 0.5) is 0 Å². The molecule has 1 aliphatic rings. The van der Waals surface area contributed by atoms with E-state index in [9.17, 15) is 15.0 Å². The topological polar surface area (TPSA) is 70.0 Å². The highest BCUT2D eigenvalue weighted by Gasteiger charge is 2.39. The predicted octanol–water partition coefficient (Wildman–Crippen LogP) is 1.17. The average Bonchev–Trinajstić information content (AvgIpc) is 2.39. The Kier molecular flexibility index (Phi) is 5.98. The SMILES string of the molecule is CCOC(=O)C1CCC(O)(CN(C)C(C)(C)CO)CC1. The van der Waals surface area contributed by atoms with Crippen LogP contribution in [-0.2, 0) is 9.53 Å². The highest BCUT2D eigenvalue weighted by atomic mass is 16.5. The number of ether oxygens (including phenoxy) is 1. The molecule has 0 unspecified atom stereocenters. The van der Waals surface area contributed by atoms with Crippen LogP contribution in [0.1, 0.15) is 46.5 Å². The molecule has 5 heteroatoms. The number of aliphatic hydroxyl groups excluding tert-OH is 1. The van der Waals surface area contributed by atoms with Gasteiger partial charge >= 0.3 is 5.97 Å². The fourth-order valence-electron chi connectivity index (χ4n) is 2.59. The van der Waals surface area contributed by atoms with Crippen molar-refractivity contribution in [1.82, 2.24) is 4.90 Å². The monoisotopic (exact) mass is 287 g/mol. The van der Waals surface area contributed by atoms with Crippen molar-refractivity contribution < 1.29 is 19.7 Å². The van der Waals surface area contributed by atoms with Gasteiger partial charge in [-0.2, -0.15) is 0 Å². The molecule has 20 heavy (non-hydrogen) atoms. The van der Waals surface area contributed by atoms with Gasteiger partial charge in [-0.1, -0.05) is 0 Å². The molecule has 0 aliphatic heterocycles. The van der Waals surface area contributed by atoms with Gasteiger partial charge in [-0.05, 0) is 53.5 Å². The molecule has 0 aromatic rings. The first-order valence-corrected chi connectivity index (χ1v) is 7.45. The molecule has 1 saturated carbocycles. The second-order valence-electron chi connectivity index (χ2n) is 6.58. The summed E-state index contributed by atoms with van der Waals surface area (Å²) in [5.41, 5.74) is -1.13. The van der Waals surface area contributed by atoms with Gasteiger partial charge in [0.1, 0.15) is 0 Å². The summed E-state index contributed by atoms with van der Waals surface area (Å²) in [6.45, 7) is 6.67. The normalized spacial score (nSPS) is 27.6. The van der Waals surface area contributed by atoms with Crippen molar-refractivity contribution >= 4 is 5.97 Å². The fourth-order valence-corrected chi connectivity index (χ4v) is 2.59. The molecule has 0 saturated heterocycles. The number of carbonyl (C=O) groups excluding carboxylic acids is 1. The maximum Gasteiger partial charge on any atom is 0.308 e. The lowest BCUT2D eigenvalue weighted by Crippen LogP contribution is -2.53. The van der Waals surface area contributed by atoms with Gasteiger partial charge in [-0.25, -0.2) is 0 Å². The van der Waals surface area contributed by atoms with Crippen LogP contribution in [0.3, 0.4) is 0 Å². The molecule has 2 N–H and O–H groups in total. The Labute approximate surface area is 121 Å². The van der Waals surface area contributed by atoms with Crippen LogP contribution in [0.5, 0.6) is 0 Å². The number of likely N-dealkylation sites (N-methyl/N-ethyl adjacent to an activating group) is 1. The quantitative estimate of drug-likeness (QED) is 0.718. The van der Waals surface area contributed by atoms with Crippen LogP contribution < -0.4 is 0 Å². The van der Waals surface area contributed by atoms with Crippen molar-refractivity contribution in [2.75, 3.05) is 26.8 Å². The molecule has 0 spiro atoms. The molecular weight excluding hydrogens is 258 g/mol. The van der Waals surface area contributed by atoms with E-state index < -0.39 is 5.60 Å². The minimum atomic E-state index is -0.774. The third-order valence-electron chi connectivity index (χ3n) is 4.49. The summed E-state index contributed by atoms with van der Waals surface area (Å²) in [6.07, 6.45) is 2.54. The molecule has 5 nitrogen and oxygen atoms in total. The van der Waals surface area contributed by atoms with Gasteiger partial charge in [-0.15, -0.1) is 0 Å². The third kappa shape index (κ3) is 4.43. The zero-order valence-electron chi connectivity index (χ0n) is 13.2. The first kappa shape index (κ1) is 17.4. The Morgan fingerprint density at radius 1 is 1.40 bits per heavy atom. The lowest BCUT2D eigenvalue weighted by atomic mass is 9.78. The summed E-state index contributed by atoms with van der Waals surface area (Å²) >= 11 is 0. The molecule has 0 heterocycles. The standard InChI is InChI=1S/C15H29NO4/c1-5-20-13(18)12-6-8-15(19,9-7-12)10-16(4)14(2,3)11-17/h12,17,19H,5-11H2,1-4H3. The zero-order chi connectivity index (χ0) is 15.4. The Hall–Kier alpha value is -0.650. The van der Waals surface area contributed by atoms with Gasteiger partial charge in [0.2, 0.25) is 0 Å². The predicted molar refractivity (Wildman–Crippen MR) is 77.3 cm³/mol. The summed E-state index contributed by atoms with van der Waals surface area (Å²) < 4.78 is 5.04. The van der Waals surface area contributed by atoms with Gasteiger partial charge in [0, 0.05) is 12.1 Å². The van der Waals surface area contributed by atoms with Crippen LogP contribution in [0.25, 0.3) is 0 Å². The molecule has 1 rings (SSSR count). The molecule has 0 radical (unpaired) electrons. The van der Waals surface area contributed by atoms with E-state index in [0.29, 0.717) is 38.8 Å². The maximum absolute atomic E-state index is 11.7. The summed E-state index contributed by atoms with van der Waals surface area (Å²) in [7, 11) is 1.91. The van der Waals surface area contributed by atoms with Crippen LogP contribution in [0.15, 0.2) is 0 Å². The second kappa shape index (κ2) is 6.87. The lowest BCUT2D eigenvalue weighted by Gasteiger charge is -2.42. The molecule has 0 aromatic heterocycles. The van der Waals surface area contributed by atoms with E-state index in [1.165, 1.54) is 0 Å². The van der Waals surface area contributed by atoms with Crippen molar-refractivity contribution in [3.05, 3.63) is 0 Å². The maximum atomic E-state index is 11.7. The summed E-state index contributed by atoms with van der Waals surface area (Å²) in [5.74, 6) is -0.218. The van der Waals surface area contributed by atoms with Gasteiger partial charge in [-0.3, -0.25) is 9.69 Å². The number of aliphatic hydroxyl groups is 2.